The molecule has 0 saturated carbocycles. The van der Waals surface area contributed by atoms with Crippen LogP contribution in [0.3, 0.4) is 0 Å². The van der Waals surface area contributed by atoms with Crippen molar-refractivity contribution in [3.63, 3.8) is 0 Å². The van der Waals surface area contributed by atoms with Crippen LogP contribution in [-0.4, -0.2) is 39.2 Å². The van der Waals surface area contributed by atoms with Crippen LogP contribution in [0, 0.1) is 13.8 Å². The van der Waals surface area contributed by atoms with Gasteiger partial charge in [0, 0.05) is 17.9 Å². The fraction of sp³-hybridized carbons (Fsp3) is 0.273. The number of nitrogens with zero attached hydrogens (tertiary/aromatic N) is 3. The molecule has 1 aromatic heterocycles. The maximum absolute atomic E-state index is 12.3. The Kier molecular flexibility index (Phi) is 5.49. The molecule has 1 aliphatic rings. The Bertz CT molecular complexity index is 1020. The number of aryl methyl sites for hydroxylation is 2. The lowest BCUT2D eigenvalue weighted by Crippen LogP contribution is -2.30. The number of fused-ring (bicyclic) bond motifs is 1. The molecule has 0 fully saturated rings. The molecule has 0 bridgehead atoms. The Morgan fingerprint density at radius 2 is 1.59 bits per heavy atom. The molecule has 0 aliphatic carbocycles. The molecule has 7 heteroatoms. The Hall–Kier alpha value is -2.93. The molecule has 2 heterocycles. The zero-order valence-corrected chi connectivity index (χ0v) is 17.2. The molecule has 6 nitrogen and oxygen atoms in total. The quantitative estimate of drug-likeness (QED) is 0.326. The summed E-state index contributed by atoms with van der Waals surface area (Å²) in [6, 6.07) is 13.1. The summed E-state index contributed by atoms with van der Waals surface area (Å²) in [6.45, 7) is 4.50. The van der Waals surface area contributed by atoms with Gasteiger partial charge in [0.1, 0.15) is 0 Å². The molecule has 2 amide bonds. The normalized spacial score (nSPS) is 13.2. The first-order valence-electron chi connectivity index (χ1n) is 9.53. The highest BCUT2D eigenvalue weighted by Gasteiger charge is 2.34. The van der Waals surface area contributed by atoms with Crippen molar-refractivity contribution in [2.45, 2.75) is 31.9 Å². The van der Waals surface area contributed by atoms with Gasteiger partial charge < -0.3 is 4.42 Å². The molecule has 0 unspecified atom stereocenters. The van der Waals surface area contributed by atoms with E-state index < -0.39 is 0 Å². The van der Waals surface area contributed by atoms with Gasteiger partial charge in [-0.05, 0) is 51.0 Å². The summed E-state index contributed by atoms with van der Waals surface area (Å²) in [5.74, 6) is 0.893. The highest BCUT2D eigenvalue weighted by atomic mass is 32.2. The fourth-order valence-electron chi connectivity index (χ4n) is 3.46. The van der Waals surface area contributed by atoms with Crippen LogP contribution in [0.5, 0.6) is 0 Å². The number of aromatic nitrogens is 2. The molecule has 1 aliphatic heterocycles. The van der Waals surface area contributed by atoms with Gasteiger partial charge in [0.25, 0.3) is 17.0 Å². The molecule has 29 heavy (non-hydrogen) atoms. The molecule has 4 rings (SSSR count). The highest BCUT2D eigenvalue weighted by molar-refractivity contribution is 7.99. The number of amides is 2. The van der Waals surface area contributed by atoms with Crippen LogP contribution in [0.15, 0.2) is 52.1 Å². The van der Waals surface area contributed by atoms with E-state index in [0.29, 0.717) is 28.8 Å². The summed E-state index contributed by atoms with van der Waals surface area (Å²) >= 11 is 1.49. The van der Waals surface area contributed by atoms with Gasteiger partial charge in [-0.3, -0.25) is 14.5 Å². The average molecular weight is 407 g/mol. The summed E-state index contributed by atoms with van der Waals surface area (Å²) in [4.78, 5) is 26.0. The summed E-state index contributed by atoms with van der Waals surface area (Å²) in [5, 5.41) is 8.77. The van der Waals surface area contributed by atoms with Crippen molar-refractivity contribution in [2.24, 2.45) is 0 Å². The third kappa shape index (κ3) is 4.10. The van der Waals surface area contributed by atoms with Crippen LogP contribution in [0.4, 0.5) is 0 Å². The van der Waals surface area contributed by atoms with E-state index in [1.54, 1.807) is 24.3 Å². The molecule has 2 aromatic carbocycles. The number of benzene rings is 2. The van der Waals surface area contributed by atoms with Gasteiger partial charge in [-0.1, -0.05) is 41.1 Å². The monoisotopic (exact) mass is 407 g/mol. The minimum Gasteiger partial charge on any atom is -0.411 e. The summed E-state index contributed by atoms with van der Waals surface area (Å²) < 4.78 is 5.76. The summed E-state index contributed by atoms with van der Waals surface area (Å²) in [5.41, 5.74) is 4.22. The van der Waals surface area contributed by atoms with Crippen molar-refractivity contribution in [3.8, 4) is 11.5 Å². The van der Waals surface area contributed by atoms with E-state index in [4.69, 9.17) is 4.42 Å². The van der Waals surface area contributed by atoms with Crippen LogP contribution < -0.4 is 0 Å². The Morgan fingerprint density at radius 3 is 2.24 bits per heavy atom. The standard InChI is InChI=1S/C22H21N3O3S/c1-14-11-15(2)13-16(12-14)19-23-24-22(28-19)29-10-6-5-9-25-20(26)17-7-3-4-8-18(17)21(25)27/h3-4,7-8,11-13H,5-6,9-10H2,1-2H3. The lowest BCUT2D eigenvalue weighted by Gasteiger charge is -2.13. The van der Waals surface area contributed by atoms with E-state index in [9.17, 15) is 9.59 Å². The number of hydrogen-bond acceptors (Lipinski definition) is 6. The molecule has 0 spiro atoms. The Morgan fingerprint density at radius 1 is 0.931 bits per heavy atom. The summed E-state index contributed by atoms with van der Waals surface area (Å²) in [7, 11) is 0. The topological polar surface area (TPSA) is 76.3 Å². The third-order valence-corrected chi connectivity index (χ3v) is 5.66. The van der Waals surface area contributed by atoms with Crippen molar-refractivity contribution in [2.75, 3.05) is 12.3 Å². The van der Waals surface area contributed by atoms with Crippen molar-refractivity contribution >= 4 is 23.6 Å². The molecule has 0 atom stereocenters. The molecule has 0 radical (unpaired) electrons. The van der Waals surface area contributed by atoms with Crippen LogP contribution in [0.25, 0.3) is 11.5 Å². The van der Waals surface area contributed by atoms with Gasteiger partial charge in [-0.25, -0.2) is 0 Å². The Balaban J connectivity index is 1.26. The predicted octanol–water partition coefficient (Wildman–Crippen LogP) is 4.52. The maximum Gasteiger partial charge on any atom is 0.276 e. The second-order valence-electron chi connectivity index (χ2n) is 7.11. The van der Waals surface area contributed by atoms with E-state index in [-0.39, 0.29) is 11.8 Å². The molecular formula is C22H21N3O3S. The Labute approximate surface area is 173 Å². The number of rotatable bonds is 7. The second-order valence-corrected chi connectivity index (χ2v) is 8.16. The zero-order chi connectivity index (χ0) is 20.4. The van der Waals surface area contributed by atoms with Crippen molar-refractivity contribution in [1.82, 2.24) is 15.1 Å². The van der Waals surface area contributed by atoms with E-state index in [0.717, 1.165) is 35.3 Å². The van der Waals surface area contributed by atoms with Gasteiger partial charge in [0.05, 0.1) is 11.1 Å². The molecular weight excluding hydrogens is 386 g/mol. The molecule has 148 valence electrons. The van der Waals surface area contributed by atoms with Gasteiger partial charge in [-0.15, -0.1) is 10.2 Å². The van der Waals surface area contributed by atoms with Crippen LogP contribution in [0.1, 0.15) is 44.7 Å². The first-order valence-corrected chi connectivity index (χ1v) is 10.5. The highest BCUT2D eigenvalue weighted by Crippen LogP contribution is 2.26. The van der Waals surface area contributed by atoms with Gasteiger partial charge in [0.15, 0.2) is 0 Å². The minimum atomic E-state index is -0.201. The molecule has 0 saturated heterocycles. The van der Waals surface area contributed by atoms with Crippen molar-refractivity contribution < 1.29 is 14.0 Å². The van der Waals surface area contributed by atoms with Crippen molar-refractivity contribution in [1.29, 1.82) is 0 Å². The van der Waals surface area contributed by atoms with Crippen LogP contribution in [0.2, 0.25) is 0 Å². The SMILES string of the molecule is Cc1cc(C)cc(-c2nnc(SCCCCN3C(=O)c4ccccc4C3=O)o2)c1. The zero-order valence-electron chi connectivity index (χ0n) is 16.3. The van der Waals surface area contributed by atoms with Gasteiger partial charge in [0.2, 0.25) is 5.89 Å². The van der Waals surface area contributed by atoms with E-state index in [1.807, 2.05) is 26.0 Å². The van der Waals surface area contributed by atoms with Gasteiger partial charge >= 0.3 is 0 Å². The number of hydrogen-bond donors (Lipinski definition) is 0. The smallest absolute Gasteiger partial charge is 0.276 e. The minimum absolute atomic E-state index is 0.201. The van der Waals surface area contributed by atoms with Crippen LogP contribution in [-0.2, 0) is 0 Å². The predicted molar refractivity (Wildman–Crippen MR) is 111 cm³/mol. The van der Waals surface area contributed by atoms with E-state index >= 15 is 0 Å². The second kappa shape index (κ2) is 8.21. The molecule has 3 aromatic rings. The number of unbranched alkanes of at least 4 members (excludes halogenated alkanes) is 1. The lowest BCUT2D eigenvalue weighted by molar-refractivity contribution is 0.0652. The lowest BCUT2D eigenvalue weighted by atomic mass is 10.1. The van der Waals surface area contributed by atoms with Crippen molar-refractivity contribution in [3.05, 3.63) is 64.7 Å². The number of carbonyl (C=O) groups is 2. The largest absolute Gasteiger partial charge is 0.411 e. The van der Waals surface area contributed by atoms with Crippen LogP contribution >= 0.6 is 11.8 Å². The fourth-order valence-corrected chi connectivity index (χ4v) is 4.22. The first kappa shape index (κ1) is 19.4. The number of carbonyl (C=O) groups excluding carboxylic acids is 2. The number of imide groups is 1. The third-order valence-electron chi connectivity index (χ3n) is 4.75. The number of thioether (sulfide) groups is 1. The first-order chi connectivity index (χ1) is 14.0. The average Bonchev–Trinajstić information content (AvgIpc) is 3.26. The maximum atomic E-state index is 12.3. The summed E-state index contributed by atoms with van der Waals surface area (Å²) in [6.07, 6.45) is 1.57. The molecule has 0 N–H and O–H groups in total. The van der Waals surface area contributed by atoms with E-state index in [1.165, 1.54) is 16.7 Å². The van der Waals surface area contributed by atoms with E-state index in [2.05, 4.69) is 16.3 Å². The van der Waals surface area contributed by atoms with Gasteiger partial charge in [-0.2, -0.15) is 0 Å².